The van der Waals surface area contributed by atoms with E-state index in [-0.39, 0.29) is 5.92 Å². The summed E-state index contributed by atoms with van der Waals surface area (Å²) in [7, 11) is 0. The first-order chi connectivity index (χ1) is 11.3. The van der Waals surface area contributed by atoms with E-state index in [1.54, 1.807) is 0 Å². The fourth-order valence-corrected chi connectivity index (χ4v) is 3.18. The van der Waals surface area contributed by atoms with Gasteiger partial charge >= 0.3 is 0 Å². The first-order valence-corrected chi connectivity index (χ1v) is 8.65. The SMILES string of the molecule is O=CC(CBr)c1c(OCc2ccccc2)ccc2ccccc12. The summed E-state index contributed by atoms with van der Waals surface area (Å²) in [6, 6.07) is 22.1. The molecule has 0 fully saturated rings. The van der Waals surface area contributed by atoms with Crippen molar-refractivity contribution in [2.24, 2.45) is 0 Å². The molecule has 3 aromatic rings. The van der Waals surface area contributed by atoms with Crippen LogP contribution in [0.15, 0.2) is 66.7 Å². The Bertz CT molecular complexity index is 799. The smallest absolute Gasteiger partial charge is 0.128 e. The number of halogens is 1. The molecule has 116 valence electrons. The number of carbonyl (C=O) groups is 1. The molecule has 0 bridgehead atoms. The molecule has 0 heterocycles. The van der Waals surface area contributed by atoms with Gasteiger partial charge in [-0.05, 0) is 22.4 Å². The molecule has 23 heavy (non-hydrogen) atoms. The largest absolute Gasteiger partial charge is 0.489 e. The highest BCUT2D eigenvalue weighted by atomic mass is 79.9. The number of hydrogen-bond donors (Lipinski definition) is 0. The minimum atomic E-state index is -0.230. The van der Waals surface area contributed by atoms with Crippen LogP contribution in [0.2, 0.25) is 0 Å². The van der Waals surface area contributed by atoms with E-state index < -0.39 is 0 Å². The summed E-state index contributed by atoms with van der Waals surface area (Å²) in [4.78, 5) is 11.5. The van der Waals surface area contributed by atoms with Crippen molar-refractivity contribution in [3.63, 3.8) is 0 Å². The molecule has 3 rings (SSSR count). The topological polar surface area (TPSA) is 26.3 Å². The molecular weight excluding hydrogens is 352 g/mol. The summed E-state index contributed by atoms with van der Waals surface area (Å²) in [6.07, 6.45) is 0.978. The van der Waals surface area contributed by atoms with Crippen LogP contribution in [-0.2, 0) is 11.4 Å². The molecule has 0 radical (unpaired) electrons. The van der Waals surface area contributed by atoms with E-state index >= 15 is 0 Å². The van der Waals surface area contributed by atoms with Crippen molar-refractivity contribution in [1.29, 1.82) is 0 Å². The van der Waals surface area contributed by atoms with Gasteiger partial charge in [-0.15, -0.1) is 0 Å². The third-order valence-electron chi connectivity index (χ3n) is 3.87. The average Bonchev–Trinajstić information content (AvgIpc) is 2.62. The van der Waals surface area contributed by atoms with E-state index in [9.17, 15) is 4.79 Å². The van der Waals surface area contributed by atoms with Crippen LogP contribution in [0.1, 0.15) is 17.0 Å². The van der Waals surface area contributed by atoms with E-state index in [1.165, 1.54) is 0 Å². The van der Waals surface area contributed by atoms with Crippen LogP contribution in [0.25, 0.3) is 10.8 Å². The van der Waals surface area contributed by atoms with Crippen LogP contribution in [0.4, 0.5) is 0 Å². The zero-order chi connectivity index (χ0) is 16.1. The molecule has 0 aliphatic rings. The molecule has 0 saturated carbocycles. The number of benzene rings is 3. The van der Waals surface area contributed by atoms with Gasteiger partial charge in [-0.1, -0.05) is 76.6 Å². The maximum Gasteiger partial charge on any atom is 0.128 e. The fourth-order valence-electron chi connectivity index (χ4n) is 2.70. The first-order valence-electron chi connectivity index (χ1n) is 7.53. The predicted molar refractivity (Wildman–Crippen MR) is 97.3 cm³/mol. The second kappa shape index (κ2) is 7.42. The molecule has 2 nitrogen and oxygen atoms in total. The highest BCUT2D eigenvalue weighted by molar-refractivity contribution is 9.09. The lowest BCUT2D eigenvalue weighted by molar-refractivity contribution is -0.108. The van der Waals surface area contributed by atoms with Gasteiger partial charge in [0.25, 0.3) is 0 Å². The highest BCUT2D eigenvalue weighted by Crippen LogP contribution is 2.34. The first kappa shape index (κ1) is 15.8. The third-order valence-corrected chi connectivity index (χ3v) is 4.57. The van der Waals surface area contributed by atoms with Crippen LogP contribution in [-0.4, -0.2) is 11.6 Å². The van der Waals surface area contributed by atoms with E-state index in [4.69, 9.17) is 4.74 Å². The van der Waals surface area contributed by atoms with Crippen LogP contribution >= 0.6 is 15.9 Å². The van der Waals surface area contributed by atoms with Gasteiger partial charge < -0.3 is 9.53 Å². The number of fused-ring (bicyclic) bond motifs is 1. The number of carbonyl (C=O) groups excluding carboxylic acids is 1. The van der Waals surface area contributed by atoms with Crippen molar-refractivity contribution < 1.29 is 9.53 Å². The van der Waals surface area contributed by atoms with Gasteiger partial charge in [-0.3, -0.25) is 0 Å². The van der Waals surface area contributed by atoms with Gasteiger partial charge in [0.05, 0.1) is 5.92 Å². The number of aldehydes is 1. The summed E-state index contributed by atoms with van der Waals surface area (Å²) < 4.78 is 6.04. The Kier molecular flexibility index (Phi) is 5.09. The normalized spacial score (nSPS) is 12.0. The molecule has 0 aliphatic carbocycles. The second-order valence-corrected chi connectivity index (χ2v) is 6.02. The number of alkyl halides is 1. The van der Waals surface area contributed by atoms with Crippen molar-refractivity contribution >= 4 is 33.0 Å². The number of rotatable bonds is 6. The molecule has 1 atom stereocenters. The van der Waals surface area contributed by atoms with Crippen molar-refractivity contribution in [3.05, 3.63) is 77.9 Å². The van der Waals surface area contributed by atoms with Gasteiger partial charge in [0.2, 0.25) is 0 Å². The monoisotopic (exact) mass is 368 g/mol. The number of ether oxygens (including phenoxy) is 1. The maximum absolute atomic E-state index is 11.5. The van der Waals surface area contributed by atoms with Gasteiger partial charge in [0, 0.05) is 10.9 Å². The predicted octanol–water partition coefficient (Wildman–Crippen LogP) is 5.10. The van der Waals surface area contributed by atoms with Crippen LogP contribution in [0.3, 0.4) is 0 Å². The third kappa shape index (κ3) is 3.45. The van der Waals surface area contributed by atoms with E-state index in [1.807, 2.05) is 60.7 Å². The lowest BCUT2D eigenvalue weighted by atomic mass is 9.94. The Morgan fingerprint density at radius 2 is 1.70 bits per heavy atom. The molecule has 0 saturated heterocycles. The number of hydrogen-bond acceptors (Lipinski definition) is 2. The quantitative estimate of drug-likeness (QED) is 0.447. The van der Waals surface area contributed by atoms with Gasteiger partial charge in [0.15, 0.2) is 0 Å². The Labute approximate surface area is 144 Å². The molecule has 0 N–H and O–H groups in total. The Balaban J connectivity index is 2.01. The van der Waals surface area contributed by atoms with Crippen LogP contribution < -0.4 is 4.74 Å². The molecule has 1 unspecified atom stereocenters. The standard InChI is InChI=1S/C20H17BrO2/c21-12-17(13-22)20-18-9-5-4-8-16(18)10-11-19(20)23-14-15-6-2-1-3-7-15/h1-11,13,17H,12,14H2. The Morgan fingerprint density at radius 1 is 0.957 bits per heavy atom. The molecular formula is C20H17BrO2. The summed E-state index contributed by atoms with van der Waals surface area (Å²) in [5.41, 5.74) is 2.05. The average molecular weight is 369 g/mol. The zero-order valence-corrected chi connectivity index (χ0v) is 14.2. The molecule has 3 aromatic carbocycles. The van der Waals surface area contributed by atoms with Crippen molar-refractivity contribution in [2.45, 2.75) is 12.5 Å². The molecule has 0 aromatic heterocycles. The molecule has 0 spiro atoms. The second-order valence-electron chi connectivity index (χ2n) is 5.37. The Hall–Kier alpha value is -2.13. The van der Waals surface area contributed by atoms with Crippen molar-refractivity contribution in [1.82, 2.24) is 0 Å². The van der Waals surface area contributed by atoms with Crippen molar-refractivity contribution in [3.8, 4) is 5.75 Å². The minimum Gasteiger partial charge on any atom is -0.489 e. The summed E-state index contributed by atoms with van der Waals surface area (Å²) >= 11 is 3.44. The van der Waals surface area contributed by atoms with Crippen molar-refractivity contribution in [2.75, 3.05) is 5.33 Å². The van der Waals surface area contributed by atoms with E-state index in [2.05, 4.69) is 22.0 Å². The lowest BCUT2D eigenvalue weighted by Gasteiger charge is -2.17. The fraction of sp³-hybridized carbons (Fsp3) is 0.150. The van der Waals surface area contributed by atoms with Crippen LogP contribution in [0.5, 0.6) is 5.75 Å². The van der Waals surface area contributed by atoms with E-state index in [0.717, 1.165) is 33.9 Å². The maximum atomic E-state index is 11.5. The summed E-state index contributed by atoms with van der Waals surface area (Å²) in [6.45, 7) is 0.486. The summed E-state index contributed by atoms with van der Waals surface area (Å²) in [5, 5.41) is 2.75. The van der Waals surface area contributed by atoms with Gasteiger partial charge in [-0.25, -0.2) is 0 Å². The molecule has 0 aliphatic heterocycles. The van der Waals surface area contributed by atoms with Gasteiger partial charge in [0.1, 0.15) is 18.6 Å². The lowest BCUT2D eigenvalue weighted by Crippen LogP contribution is -2.07. The minimum absolute atomic E-state index is 0.230. The Morgan fingerprint density at radius 3 is 2.43 bits per heavy atom. The van der Waals surface area contributed by atoms with Crippen LogP contribution in [0, 0.1) is 0 Å². The summed E-state index contributed by atoms with van der Waals surface area (Å²) in [5.74, 6) is 0.538. The zero-order valence-electron chi connectivity index (χ0n) is 12.6. The molecule has 0 amide bonds. The highest BCUT2D eigenvalue weighted by Gasteiger charge is 2.18. The molecule has 3 heteroatoms. The van der Waals surface area contributed by atoms with Gasteiger partial charge in [-0.2, -0.15) is 0 Å². The van der Waals surface area contributed by atoms with E-state index in [0.29, 0.717) is 11.9 Å².